The largest absolute Gasteiger partial charge is 0.459 e. The van der Waals surface area contributed by atoms with Gasteiger partial charge in [0.05, 0.1) is 18.3 Å². The van der Waals surface area contributed by atoms with Crippen LogP contribution in [0.4, 0.5) is 4.79 Å². The minimum absolute atomic E-state index is 0.217. The van der Waals surface area contributed by atoms with E-state index in [-0.39, 0.29) is 12.1 Å². The number of para-hydroxylation sites is 1. The molecule has 23 heavy (non-hydrogen) atoms. The molecule has 3 rings (SSSR count). The number of urea groups is 1. The van der Waals surface area contributed by atoms with Crippen molar-refractivity contribution in [1.82, 2.24) is 15.6 Å². The third kappa shape index (κ3) is 3.34. The first-order chi connectivity index (χ1) is 11.1. The van der Waals surface area contributed by atoms with Crippen molar-refractivity contribution in [2.45, 2.75) is 26.4 Å². The molecule has 0 fully saturated rings. The summed E-state index contributed by atoms with van der Waals surface area (Å²) in [4.78, 5) is 16.2. The van der Waals surface area contributed by atoms with E-state index in [1.54, 1.807) is 6.20 Å². The Labute approximate surface area is 134 Å². The van der Waals surface area contributed by atoms with Gasteiger partial charge in [-0.05, 0) is 32.0 Å². The number of nitrogens with one attached hydrogen (secondary N) is 2. The van der Waals surface area contributed by atoms with Gasteiger partial charge >= 0.3 is 6.03 Å². The lowest BCUT2D eigenvalue weighted by molar-refractivity contribution is 0.236. The number of hydrogen-bond acceptors (Lipinski definition) is 3. The molecule has 1 aromatic carbocycles. The molecule has 0 saturated carbocycles. The maximum absolute atomic E-state index is 12.0. The van der Waals surface area contributed by atoms with E-state index in [0.29, 0.717) is 6.54 Å². The molecule has 0 aliphatic heterocycles. The number of aryl methyl sites for hydroxylation is 1. The lowest BCUT2D eigenvalue weighted by Gasteiger charge is -2.13. The normalized spacial score (nSPS) is 12.1. The highest BCUT2D eigenvalue weighted by molar-refractivity contribution is 5.82. The van der Waals surface area contributed by atoms with Crippen LogP contribution in [-0.2, 0) is 6.54 Å². The number of nitrogens with zero attached hydrogens (tertiary/aromatic N) is 1. The predicted octanol–water partition coefficient (Wildman–Crippen LogP) is 3.70. The van der Waals surface area contributed by atoms with Crippen molar-refractivity contribution in [3.05, 3.63) is 65.7 Å². The molecule has 118 valence electrons. The summed E-state index contributed by atoms with van der Waals surface area (Å²) in [6.45, 7) is 4.30. The molecule has 0 bridgehead atoms. The molecule has 2 aromatic heterocycles. The zero-order chi connectivity index (χ0) is 16.2. The number of carbonyl (C=O) groups excluding carboxylic acids is 1. The molecule has 3 aromatic rings. The summed E-state index contributed by atoms with van der Waals surface area (Å²) in [5.74, 6) is 0.777. The third-order valence-electron chi connectivity index (χ3n) is 3.78. The van der Waals surface area contributed by atoms with E-state index >= 15 is 0 Å². The quantitative estimate of drug-likeness (QED) is 0.772. The second-order valence-electron chi connectivity index (χ2n) is 5.46. The summed E-state index contributed by atoms with van der Waals surface area (Å²) in [5.41, 5.74) is 2.70. The van der Waals surface area contributed by atoms with Gasteiger partial charge in [0.2, 0.25) is 0 Å². The van der Waals surface area contributed by atoms with E-state index in [2.05, 4.69) is 15.6 Å². The van der Waals surface area contributed by atoms with E-state index in [1.165, 1.54) is 0 Å². The van der Waals surface area contributed by atoms with Crippen molar-refractivity contribution in [2.75, 3.05) is 0 Å². The van der Waals surface area contributed by atoms with Crippen LogP contribution < -0.4 is 10.6 Å². The fourth-order valence-electron chi connectivity index (χ4n) is 2.59. The van der Waals surface area contributed by atoms with Gasteiger partial charge in [-0.25, -0.2) is 4.79 Å². The Bertz CT molecular complexity index is 812. The van der Waals surface area contributed by atoms with Crippen molar-refractivity contribution < 1.29 is 9.21 Å². The number of aromatic nitrogens is 1. The van der Waals surface area contributed by atoms with Crippen molar-refractivity contribution in [3.8, 4) is 0 Å². The fraction of sp³-hybridized carbons (Fsp3) is 0.222. The number of benzene rings is 1. The molecule has 2 amide bonds. The Balaban J connectivity index is 1.64. The topological polar surface area (TPSA) is 67.2 Å². The van der Waals surface area contributed by atoms with Crippen LogP contribution in [0.15, 0.2) is 53.1 Å². The van der Waals surface area contributed by atoms with Gasteiger partial charge in [-0.1, -0.05) is 24.3 Å². The Morgan fingerprint density at radius 2 is 2.00 bits per heavy atom. The highest BCUT2D eigenvalue weighted by Gasteiger charge is 2.18. The lowest BCUT2D eigenvalue weighted by Crippen LogP contribution is -2.36. The van der Waals surface area contributed by atoms with Crippen molar-refractivity contribution >= 4 is 17.0 Å². The number of rotatable bonds is 4. The molecule has 0 radical (unpaired) electrons. The molecule has 0 saturated heterocycles. The summed E-state index contributed by atoms with van der Waals surface area (Å²) in [7, 11) is 0. The van der Waals surface area contributed by atoms with Gasteiger partial charge in [0.25, 0.3) is 0 Å². The van der Waals surface area contributed by atoms with E-state index in [0.717, 1.165) is 28.0 Å². The minimum Gasteiger partial charge on any atom is -0.459 e. The van der Waals surface area contributed by atoms with Crippen LogP contribution in [0.5, 0.6) is 0 Å². The molecule has 0 aliphatic rings. The monoisotopic (exact) mass is 309 g/mol. The zero-order valence-electron chi connectivity index (χ0n) is 13.2. The molecule has 0 aliphatic carbocycles. The van der Waals surface area contributed by atoms with E-state index in [1.807, 2.05) is 56.3 Å². The maximum atomic E-state index is 12.0. The Morgan fingerprint density at radius 3 is 2.74 bits per heavy atom. The average molecular weight is 309 g/mol. The van der Waals surface area contributed by atoms with Crippen LogP contribution >= 0.6 is 0 Å². The van der Waals surface area contributed by atoms with Gasteiger partial charge in [0.1, 0.15) is 11.3 Å². The lowest BCUT2D eigenvalue weighted by atomic mass is 10.1. The number of amides is 2. The van der Waals surface area contributed by atoms with E-state index in [4.69, 9.17) is 4.42 Å². The summed E-state index contributed by atoms with van der Waals surface area (Å²) in [6, 6.07) is 13.0. The van der Waals surface area contributed by atoms with Gasteiger partial charge in [0, 0.05) is 17.1 Å². The highest BCUT2D eigenvalue weighted by Crippen LogP contribution is 2.28. The highest BCUT2D eigenvalue weighted by atomic mass is 16.3. The van der Waals surface area contributed by atoms with E-state index < -0.39 is 0 Å². The standard InChI is InChI=1S/C18H19N3O2/c1-12-15-8-3-4-9-16(15)23-17(12)13(2)21-18(22)20-11-14-7-5-6-10-19-14/h3-10,13H,11H2,1-2H3,(H2,20,21,22)/t13-/m0/s1. The van der Waals surface area contributed by atoms with Gasteiger partial charge in [-0.2, -0.15) is 0 Å². The fourth-order valence-corrected chi connectivity index (χ4v) is 2.59. The molecule has 5 nitrogen and oxygen atoms in total. The summed E-state index contributed by atoms with van der Waals surface area (Å²) in [6.07, 6.45) is 1.70. The summed E-state index contributed by atoms with van der Waals surface area (Å²) < 4.78 is 5.87. The number of fused-ring (bicyclic) bond motifs is 1. The maximum Gasteiger partial charge on any atom is 0.315 e. The second-order valence-corrected chi connectivity index (χ2v) is 5.46. The Hall–Kier alpha value is -2.82. The second kappa shape index (κ2) is 6.52. The average Bonchev–Trinajstić information content (AvgIpc) is 2.91. The molecule has 0 unspecified atom stereocenters. The SMILES string of the molecule is Cc1c([C@H](C)NC(=O)NCc2ccccn2)oc2ccccc12. The van der Waals surface area contributed by atoms with Crippen LogP contribution in [0.2, 0.25) is 0 Å². The molecule has 2 N–H and O–H groups in total. The Kier molecular flexibility index (Phi) is 4.28. The zero-order valence-corrected chi connectivity index (χ0v) is 13.2. The molecule has 0 spiro atoms. The molecule has 5 heteroatoms. The van der Waals surface area contributed by atoms with Crippen LogP contribution in [0.3, 0.4) is 0 Å². The van der Waals surface area contributed by atoms with Gasteiger partial charge in [-0.3, -0.25) is 4.98 Å². The number of furan rings is 1. The van der Waals surface area contributed by atoms with Crippen molar-refractivity contribution in [1.29, 1.82) is 0 Å². The number of carbonyl (C=O) groups is 1. The first kappa shape index (κ1) is 15.1. The van der Waals surface area contributed by atoms with Crippen molar-refractivity contribution in [3.63, 3.8) is 0 Å². The van der Waals surface area contributed by atoms with Gasteiger partial charge < -0.3 is 15.1 Å². The molecular formula is C18H19N3O2. The first-order valence-electron chi connectivity index (χ1n) is 7.57. The summed E-state index contributed by atoms with van der Waals surface area (Å²) >= 11 is 0. The summed E-state index contributed by atoms with van der Waals surface area (Å²) in [5, 5.41) is 6.77. The molecular weight excluding hydrogens is 290 g/mol. The van der Waals surface area contributed by atoms with Gasteiger partial charge in [-0.15, -0.1) is 0 Å². The molecule has 1 atom stereocenters. The smallest absolute Gasteiger partial charge is 0.315 e. The third-order valence-corrected chi connectivity index (χ3v) is 3.78. The van der Waals surface area contributed by atoms with Crippen molar-refractivity contribution in [2.24, 2.45) is 0 Å². The number of pyridine rings is 1. The van der Waals surface area contributed by atoms with E-state index in [9.17, 15) is 4.79 Å². The predicted molar refractivity (Wildman–Crippen MR) is 89.0 cm³/mol. The van der Waals surface area contributed by atoms with Crippen LogP contribution in [0.1, 0.15) is 30.0 Å². The Morgan fingerprint density at radius 1 is 1.22 bits per heavy atom. The van der Waals surface area contributed by atoms with Crippen LogP contribution in [0, 0.1) is 6.92 Å². The minimum atomic E-state index is -0.247. The molecule has 2 heterocycles. The van der Waals surface area contributed by atoms with Crippen LogP contribution in [-0.4, -0.2) is 11.0 Å². The first-order valence-corrected chi connectivity index (χ1v) is 7.57. The van der Waals surface area contributed by atoms with Gasteiger partial charge in [0.15, 0.2) is 0 Å². The number of hydrogen-bond donors (Lipinski definition) is 2. The van der Waals surface area contributed by atoms with Crippen LogP contribution in [0.25, 0.3) is 11.0 Å².